The maximum Gasteiger partial charge on any atom is 0.196 e. The first kappa shape index (κ1) is 20.4. The van der Waals surface area contributed by atoms with Crippen molar-refractivity contribution in [2.24, 2.45) is 0 Å². The molecule has 6 rings (SSSR count). The Morgan fingerprint density at radius 2 is 1.53 bits per heavy atom. The number of hydrogen-bond acceptors (Lipinski definition) is 6. The minimum absolute atomic E-state index is 0.145. The number of hydrogen-bond donors (Lipinski definition) is 1. The van der Waals surface area contributed by atoms with Crippen LogP contribution in [0, 0.1) is 13.8 Å². The van der Waals surface area contributed by atoms with Gasteiger partial charge < -0.3 is 5.32 Å². The maximum absolute atomic E-state index is 13.4. The van der Waals surface area contributed by atoms with E-state index in [4.69, 9.17) is 0 Å². The number of carbonyl (C=O) groups is 2. The van der Waals surface area contributed by atoms with E-state index < -0.39 is 0 Å². The molecule has 0 atom stereocenters. The van der Waals surface area contributed by atoms with Gasteiger partial charge in [0.1, 0.15) is 17.0 Å². The van der Waals surface area contributed by atoms with E-state index in [0.717, 1.165) is 21.3 Å². The van der Waals surface area contributed by atoms with Crippen LogP contribution in [0.3, 0.4) is 0 Å². The predicted octanol–water partition coefficient (Wildman–Crippen LogP) is 6.49. The van der Waals surface area contributed by atoms with E-state index in [1.807, 2.05) is 6.07 Å². The van der Waals surface area contributed by atoms with Gasteiger partial charge in [-0.3, -0.25) is 9.59 Å². The molecule has 3 aromatic carbocycles. The predicted molar refractivity (Wildman–Crippen MR) is 135 cm³/mol. The van der Waals surface area contributed by atoms with Gasteiger partial charge in [-0.05, 0) is 36.6 Å². The van der Waals surface area contributed by atoms with Crippen LogP contribution < -0.4 is 5.32 Å². The molecule has 0 spiro atoms. The minimum Gasteiger partial charge on any atom is -0.339 e. The van der Waals surface area contributed by atoms with E-state index in [1.165, 1.54) is 17.5 Å². The zero-order valence-corrected chi connectivity index (χ0v) is 19.4. The summed E-state index contributed by atoms with van der Waals surface area (Å²) in [7, 11) is 0. The standard InChI is InChI=1S/C28H19N3O2S/c1-15-10-11-17(12-16(15)2)21-13-34-28-24(21)27(29-14-30-28)31-22-9-5-8-20-23(22)26(33)19-7-4-3-6-18(19)25(20)32/h3-14H,1-2H3,(H,29,30,31). The van der Waals surface area contributed by atoms with Crippen molar-refractivity contribution in [2.75, 3.05) is 5.32 Å². The summed E-state index contributed by atoms with van der Waals surface area (Å²) in [6.45, 7) is 4.19. The number of anilines is 2. The second-order valence-corrected chi connectivity index (χ2v) is 9.27. The van der Waals surface area contributed by atoms with Crippen LogP contribution in [0.15, 0.2) is 72.4 Å². The number of ketones is 2. The summed E-state index contributed by atoms with van der Waals surface area (Å²) in [6, 6.07) is 18.6. The van der Waals surface area contributed by atoms with E-state index in [-0.39, 0.29) is 11.6 Å². The van der Waals surface area contributed by atoms with Crippen molar-refractivity contribution >= 4 is 44.6 Å². The quantitative estimate of drug-likeness (QED) is 0.326. The van der Waals surface area contributed by atoms with E-state index in [1.54, 1.807) is 47.7 Å². The highest BCUT2D eigenvalue weighted by Crippen LogP contribution is 2.39. The normalized spacial score (nSPS) is 12.5. The van der Waals surface area contributed by atoms with Gasteiger partial charge in [0, 0.05) is 27.6 Å². The molecule has 0 saturated heterocycles. The number of nitrogens with one attached hydrogen (secondary N) is 1. The Morgan fingerprint density at radius 3 is 2.32 bits per heavy atom. The Hall–Kier alpha value is -4.16. The zero-order chi connectivity index (χ0) is 23.4. The molecule has 2 aromatic heterocycles. The molecule has 0 amide bonds. The van der Waals surface area contributed by atoms with E-state index in [9.17, 15) is 9.59 Å². The third-order valence-electron chi connectivity index (χ3n) is 6.39. The Labute approximate surface area is 200 Å². The van der Waals surface area contributed by atoms with Crippen LogP contribution in [0.1, 0.15) is 43.0 Å². The molecule has 5 aromatic rings. The maximum atomic E-state index is 13.4. The lowest BCUT2D eigenvalue weighted by Crippen LogP contribution is -2.22. The fraction of sp³-hybridized carbons (Fsp3) is 0.0714. The second-order valence-electron chi connectivity index (χ2n) is 8.41. The number of fused-ring (bicyclic) bond motifs is 3. The van der Waals surface area contributed by atoms with Crippen LogP contribution in [-0.4, -0.2) is 21.5 Å². The average Bonchev–Trinajstić information content (AvgIpc) is 3.29. The number of nitrogens with zero attached hydrogens (tertiary/aromatic N) is 2. The van der Waals surface area contributed by atoms with Gasteiger partial charge in [-0.15, -0.1) is 11.3 Å². The molecule has 2 heterocycles. The fourth-order valence-electron chi connectivity index (χ4n) is 4.47. The minimum atomic E-state index is -0.168. The van der Waals surface area contributed by atoms with Crippen LogP contribution >= 0.6 is 11.3 Å². The summed E-state index contributed by atoms with van der Waals surface area (Å²) >= 11 is 1.55. The Morgan fingerprint density at radius 1 is 0.765 bits per heavy atom. The third-order valence-corrected chi connectivity index (χ3v) is 7.28. The summed E-state index contributed by atoms with van der Waals surface area (Å²) in [6.07, 6.45) is 1.52. The third kappa shape index (κ3) is 3.07. The molecule has 1 aliphatic carbocycles. The van der Waals surface area contributed by atoms with Gasteiger partial charge >= 0.3 is 0 Å². The molecule has 1 N–H and O–H groups in total. The van der Waals surface area contributed by atoms with Gasteiger partial charge in [0.25, 0.3) is 0 Å². The van der Waals surface area contributed by atoms with Crippen LogP contribution in [0.4, 0.5) is 11.5 Å². The molecule has 1 aliphatic rings. The lowest BCUT2D eigenvalue weighted by molar-refractivity contribution is 0.0979. The lowest BCUT2D eigenvalue weighted by Gasteiger charge is -2.20. The van der Waals surface area contributed by atoms with Gasteiger partial charge in [0.05, 0.1) is 16.6 Å². The SMILES string of the molecule is Cc1ccc(-c2csc3ncnc(Nc4cccc5c4C(=O)c4ccccc4C5=O)c23)cc1C. The van der Waals surface area contributed by atoms with E-state index >= 15 is 0 Å². The second kappa shape index (κ2) is 7.71. The molecule has 0 bridgehead atoms. The Kier molecular flexibility index (Phi) is 4.64. The molecule has 0 unspecified atom stereocenters. The van der Waals surface area contributed by atoms with Crippen molar-refractivity contribution < 1.29 is 9.59 Å². The van der Waals surface area contributed by atoms with E-state index in [2.05, 4.69) is 52.7 Å². The Bertz CT molecular complexity index is 1650. The molecule has 164 valence electrons. The van der Waals surface area contributed by atoms with Crippen LogP contribution in [-0.2, 0) is 0 Å². The molecule has 0 aliphatic heterocycles. The fourth-order valence-corrected chi connectivity index (χ4v) is 5.38. The van der Waals surface area contributed by atoms with Crippen LogP contribution in [0.5, 0.6) is 0 Å². The highest BCUT2D eigenvalue weighted by molar-refractivity contribution is 7.17. The van der Waals surface area contributed by atoms with Crippen molar-refractivity contribution in [3.63, 3.8) is 0 Å². The molecule has 34 heavy (non-hydrogen) atoms. The number of aryl methyl sites for hydroxylation is 2. The van der Waals surface area contributed by atoms with Crippen LogP contribution in [0.25, 0.3) is 21.3 Å². The van der Waals surface area contributed by atoms with Gasteiger partial charge in [-0.2, -0.15) is 0 Å². The van der Waals surface area contributed by atoms with Crippen molar-refractivity contribution in [3.8, 4) is 11.1 Å². The van der Waals surface area contributed by atoms with Crippen molar-refractivity contribution in [1.29, 1.82) is 0 Å². The summed E-state index contributed by atoms with van der Waals surface area (Å²) in [4.78, 5) is 36.4. The number of thiophene rings is 1. The average molecular weight is 462 g/mol. The van der Waals surface area contributed by atoms with Gasteiger partial charge in [-0.25, -0.2) is 9.97 Å². The highest BCUT2D eigenvalue weighted by atomic mass is 32.1. The molecular formula is C28H19N3O2S. The lowest BCUT2D eigenvalue weighted by atomic mass is 9.83. The molecule has 6 heteroatoms. The molecular weight excluding hydrogens is 442 g/mol. The molecule has 0 saturated carbocycles. The number of benzene rings is 3. The van der Waals surface area contributed by atoms with Crippen molar-refractivity contribution in [3.05, 3.63) is 106 Å². The number of aromatic nitrogens is 2. The monoisotopic (exact) mass is 461 g/mol. The number of rotatable bonds is 3. The summed E-state index contributed by atoms with van der Waals surface area (Å²) in [5, 5.41) is 6.34. The molecule has 0 fully saturated rings. The molecule has 0 radical (unpaired) electrons. The summed E-state index contributed by atoms with van der Waals surface area (Å²) in [5.41, 5.74) is 6.76. The highest BCUT2D eigenvalue weighted by Gasteiger charge is 2.31. The first-order chi connectivity index (χ1) is 16.5. The van der Waals surface area contributed by atoms with Crippen LogP contribution in [0.2, 0.25) is 0 Å². The van der Waals surface area contributed by atoms with Gasteiger partial charge in [-0.1, -0.05) is 54.6 Å². The first-order valence-corrected chi connectivity index (χ1v) is 11.8. The van der Waals surface area contributed by atoms with Crippen molar-refractivity contribution in [1.82, 2.24) is 9.97 Å². The topological polar surface area (TPSA) is 72.0 Å². The molecule has 5 nitrogen and oxygen atoms in total. The summed E-state index contributed by atoms with van der Waals surface area (Å²) < 4.78 is 0. The van der Waals surface area contributed by atoms with E-state index in [0.29, 0.717) is 33.8 Å². The van der Waals surface area contributed by atoms with Gasteiger partial charge in [0.2, 0.25) is 0 Å². The summed E-state index contributed by atoms with van der Waals surface area (Å²) in [5.74, 6) is 0.290. The first-order valence-electron chi connectivity index (χ1n) is 10.9. The van der Waals surface area contributed by atoms with Gasteiger partial charge in [0.15, 0.2) is 11.6 Å². The largest absolute Gasteiger partial charge is 0.339 e. The Balaban J connectivity index is 1.50. The zero-order valence-electron chi connectivity index (χ0n) is 18.5. The number of carbonyl (C=O) groups excluding carboxylic acids is 2. The van der Waals surface area contributed by atoms with Crippen molar-refractivity contribution in [2.45, 2.75) is 13.8 Å². The smallest absolute Gasteiger partial charge is 0.196 e.